The van der Waals surface area contributed by atoms with Gasteiger partial charge in [0.25, 0.3) is 0 Å². The lowest BCUT2D eigenvalue weighted by atomic mass is 9.99. The number of anilines is 4. The van der Waals surface area contributed by atoms with E-state index >= 15 is 0 Å². The van der Waals surface area contributed by atoms with Gasteiger partial charge < -0.3 is 19.9 Å². The van der Waals surface area contributed by atoms with Crippen molar-refractivity contribution in [2.24, 2.45) is 5.92 Å². The van der Waals surface area contributed by atoms with Crippen LogP contribution in [-0.4, -0.2) is 49.4 Å². The first-order valence-electron chi connectivity index (χ1n) is 9.55. The van der Waals surface area contributed by atoms with E-state index < -0.39 is 0 Å². The Morgan fingerprint density at radius 3 is 2.42 bits per heavy atom. The largest absolute Gasteiger partial charge is 0.378 e. The molecule has 0 amide bonds. The van der Waals surface area contributed by atoms with Crippen molar-refractivity contribution in [3.63, 3.8) is 0 Å². The molecule has 6 nitrogen and oxygen atoms in total. The average molecular weight is 353 g/mol. The molecule has 2 saturated heterocycles. The van der Waals surface area contributed by atoms with E-state index in [2.05, 4.69) is 56.3 Å². The first-order valence-corrected chi connectivity index (χ1v) is 9.55. The fraction of sp³-hybridized carbons (Fsp3) is 0.500. The number of aromatic nitrogens is 2. The van der Waals surface area contributed by atoms with Crippen LogP contribution in [0.3, 0.4) is 0 Å². The van der Waals surface area contributed by atoms with Crippen LogP contribution in [0.2, 0.25) is 0 Å². The molecule has 4 rings (SSSR count). The predicted octanol–water partition coefficient (Wildman–Crippen LogP) is 3.29. The van der Waals surface area contributed by atoms with Gasteiger partial charge in [-0.2, -0.15) is 0 Å². The lowest BCUT2D eigenvalue weighted by molar-refractivity contribution is 0.122. The number of hydrogen-bond acceptors (Lipinski definition) is 6. The van der Waals surface area contributed by atoms with Crippen LogP contribution in [0.25, 0.3) is 0 Å². The molecule has 0 spiro atoms. The van der Waals surface area contributed by atoms with Gasteiger partial charge in [-0.05, 0) is 43.0 Å². The van der Waals surface area contributed by atoms with Crippen molar-refractivity contribution in [3.05, 3.63) is 36.7 Å². The SMILES string of the molecule is CC1CCN(c2ccc(Nc3cc(N4CCOCC4)ncn3)cc2)CC1. The number of nitrogens with zero attached hydrogens (tertiary/aromatic N) is 4. The zero-order valence-corrected chi connectivity index (χ0v) is 15.4. The van der Waals surface area contributed by atoms with Gasteiger partial charge in [-0.25, -0.2) is 9.97 Å². The van der Waals surface area contributed by atoms with Gasteiger partial charge in [0.05, 0.1) is 13.2 Å². The van der Waals surface area contributed by atoms with Crippen molar-refractivity contribution < 1.29 is 4.74 Å². The van der Waals surface area contributed by atoms with Gasteiger partial charge in [0.1, 0.15) is 18.0 Å². The summed E-state index contributed by atoms with van der Waals surface area (Å²) in [6.45, 7) is 7.91. The second-order valence-electron chi connectivity index (χ2n) is 7.20. The van der Waals surface area contributed by atoms with E-state index in [0.29, 0.717) is 0 Å². The summed E-state index contributed by atoms with van der Waals surface area (Å²) in [5, 5.41) is 3.39. The number of nitrogens with one attached hydrogen (secondary N) is 1. The minimum absolute atomic E-state index is 0.753. The molecule has 6 heteroatoms. The van der Waals surface area contributed by atoms with E-state index in [-0.39, 0.29) is 0 Å². The Labute approximate surface area is 155 Å². The Morgan fingerprint density at radius 1 is 0.962 bits per heavy atom. The number of rotatable bonds is 4. The van der Waals surface area contributed by atoms with Crippen molar-refractivity contribution in [1.82, 2.24) is 9.97 Å². The van der Waals surface area contributed by atoms with Gasteiger partial charge in [0.2, 0.25) is 0 Å². The van der Waals surface area contributed by atoms with Crippen molar-refractivity contribution in [1.29, 1.82) is 0 Å². The summed E-state index contributed by atoms with van der Waals surface area (Å²) in [5.74, 6) is 2.62. The molecule has 26 heavy (non-hydrogen) atoms. The second-order valence-corrected chi connectivity index (χ2v) is 7.20. The molecule has 0 radical (unpaired) electrons. The van der Waals surface area contributed by atoms with Crippen LogP contribution in [0.5, 0.6) is 0 Å². The number of piperidine rings is 1. The quantitative estimate of drug-likeness (QED) is 0.910. The normalized spacial score (nSPS) is 18.8. The van der Waals surface area contributed by atoms with Gasteiger partial charge in [-0.15, -0.1) is 0 Å². The highest BCUT2D eigenvalue weighted by Gasteiger charge is 2.16. The molecule has 0 saturated carbocycles. The Kier molecular flexibility index (Phi) is 5.20. The molecule has 2 fully saturated rings. The summed E-state index contributed by atoms with van der Waals surface area (Å²) in [6, 6.07) is 10.7. The molecule has 1 aromatic heterocycles. The molecule has 0 atom stereocenters. The Hall–Kier alpha value is -2.34. The van der Waals surface area contributed by atoms with Gasteiger partial charge in [0, 0.05) is 43.6 Å². The summed E-state index contributed by atoms with van der Waals surface area (Å²) in [6.07, 6.45) is 4.19. The summed E-state index contributed by atoms with van der Waals surface area (Å²) in [5.41, 5.74) is 2.35. The Morgan fingerprint density at radius 2 is 1.69 bits per heavy atom. The second kappa shape index (κ2) is 7.91. The lowest BCUT2D eigenvalue weighted by Crippen LogP contribution is -2.36. The van der Waals surface area contributed by atoms with E-state index in [4.69, 9.17) is 4.74 Å². The average Bonchev–Trinajstić information content (AvgIpc) is 2.70. The number of morpholine rings is 1. The zero-order valence-electron chi connectivity index (χ0n) is 15.4. The van der Waals surface area contributed by atoms with Crippen LogP contribution in [0, 0.1) is 5.92 Å². The van der Waals surface area contributed by atoms with E-state index in [1.165, 1.54) is 18.5 Å². The van der Waals surface area contributed by atoms with Crippen molar-refractivity contribution in [2.75, 3.05) is 54.5 Å². The van der Waals surface area contributed by atoms with Crippen molar-refractivity contribution in [2.45, 2.75) is 19.8 Å². The van der Waals surface area contributed by atoms with Crippen LogP contribution in [0.1, 0.15) is 19.8 Å². The minimum atomic E-state index is 0.753. The van der Waals surface area contributed by atoms with E-state index in [1.54, 1.807) is 6.33 Å². The van der Waals surface area contributed by atoms with Crippen molar-refractivity contribution in [3.8, 4) is 0 Å². The third-order valence-corrected chi connectivity index (χ3v) is 5.28. The van der Waals surface area contributed by atoms with Crippen molar-refractivity contribution >= 4 is 23.0 Å². The third kappa shape index (κ3) is 4.07. The first-order chi connectivity index (χ1) is 12.8. The topological polar surface area (TPSA) is 53.5 Å². The number of hydrogen-bond donors (Lipinski definition) is 1. The summed E-state index contributed by atoms with van der Waals surface area (Å²) in [4.78, 5) is 13.5. The first kappa shape index (κ1) is 17.1. The molecule has 2 aliphatic heterocycles. The fourth-order valence-electron chi connectivity index (χ4n) is 3.55. The highest BCUT2D eigenvalue weighted by Crippen LogP contribution is 2.25. The van der Waals surface area contributed by atoms with Gasteiger partial charge in [-0.1, -0.05) is 6.92 Å². The standard InChI is InChI=1S/C20H27N5O/c1-16-6-8-24(9-7-16)18-4-2-17(3-5-18)23-19-14-20(22-15-21-19)25-10-12-26-13-11-25/h2-5,14-16H,6-13H2,1H3,(H,21,22,23). The highest BCUT2D eigenvalue weighted by atomic mass is 16.5. The van der Waals surface area contributed by atoms with Crippen LogP contribution in [0.4, 0.5) is 23.0 Å². The maximum Gasteiger partial charge on any atom is 0.135 e. The molecule has 2 aromatic rings. The molecule has 1 N–H and O–H groups in total. The van der Waals surface area contributed by atoms with Crippen LogP contribution < -0.4 is 15.1 Å². The van der Waals surface area contributed by atoms with E-state index in [1.807, 2.05) is 6.07 Å². The zero-order chi connectivity index (χ0) is 17.8. The van der Waals surface area contributed by atoms with Gasteiger partial charge in [0.15, 0.2) is 0 Å². The fourth-order valence-corrected chi connectivity index (χ4v) is 3.55. The van der Waals surface area contributed by atoms with Crippen LogP contribution in [0.15, 0.2) is 36.7 Å². The third-order valence-electron chi connectivity index (χ3n) is 5.28. The molecule has 1 aromatic carbocycles. The Balaban J connectivity index is 1.41. The summed E-state index contributed by atoms with van der Waals surface area (Å²) >= 11 is 0. The maximum absolute atomic E-state index is 5.41. The van der Waals surface area contributed by atoms with E-state index in [0.717, 1.165) is 62.6 Å². The van der Waals surface area contributed by atoms with Gasteiger partial charge in [-0.3, -0.25) is 0 Å². The molecule has 0 bridgehead atoms. The van der Waals surface area contributed by atoms with Gasteiger partial charge >= 0.3 is 0 Å². The molecule has 0 unspecified atom stereocenters. The maximum atomic E-state index is 5.41. The van der Waals surface area contributed by atoms with Crippen LogP contribution >= 0.6 is 0 Å². The summed E-state index contributed by atoms with van der Waals surface area (Å²) in [7, 11) is 0. The Bertz CT molecular complexity index is 706. The summed E-state index contributed by atoms with van der Waals surface area (Å²) < 4.78 is 5.41. The molecule has 138 valence electrons. The molecular weight excluding hydrogens is 326 g/mol. The number of benzene rings is 1. The predicted molar refractivity (Wildman–Crippen MR) is 105 cm³/mol. The van der Waals surface area contributed by atoms with Crippen LogP contribution in [-0.2, 0) is 4.74 Å². The van der Waals surface area contributed by atoms with E-state index in [9.17, 15) is 0 Å². The molecular formula is C20H27N5O. The molecule has 2 aliphatic rings. The smallest absolute Gasteiger partial charge is 0.135 e. The lowest BCUT2D eigenvalue weighted by Gasteiger charge is -2.32. The molecule has 3 heterocycles. The minimum Gasteiger partial charge on any atom is -0.378 e. The monoisotopic (exact) mass is 353 g/mol. The highest BCUT2D eigenvalue weighted by molar-refractivity contribution is 5.62. The molecule has 0 aliphatic carbocycles. The number of ether oxygens (including phenoxy) is 1.